The minimum Gasteiger partial charge on any atom is -0.497 e. The smallest absolute Gasteiger partial charge is 0.327 e. The first-order chi connectivity index (χ1) is 12.6. The number of ether oxygens (including phenoxy) is 1. The molecule has 1 atom stereocenters. The molecule has 0 aromatic heterocycles. The van der Waals surface area contributed by atoms with Gasteiger partial charge >= 0.3 is 11.8 Å². The standard InChI is InChI=1S/C18H26N4O5/c1-10(2)14(16(24)21-22-18(26)17(25)19-11(3)4)20-15(23)12-6-8-13(27-5)9-7-12/h6-11,14H,1-5H3,(H,19,25)(H,20,23)(H,21,24)(H,22,26)/t14-/m0/s1. The molecule has 0 aliphatic carbocycles. The maximum atomic E-state index is 12.3. The molecule has 148 valence electrons. The first-order valence-electron chi connectivity index (χ1n) is 8.51. The third kappa shape index (κ3) is 6.96. The van der Waals surface area contributed by atoms with E-state index in [2.05, 4.69) is 16.1 Å². The van der Waals surface area contributed by atoms with Crippen LogP contribution in [0.1, 0.15) is 38.1 Å². The van der Waals surface area contributed by atoms with E-state index in [1.165, 1.54) is 7.11 Å². The van der Waals surface area contributed by atoms with Gasteiger partial charge in [0.05, 0.1) is 7.11 Å². The fourth-order valence-electron chi connectivity index (χ4n) is 2.08. The summed E-state index contributed by atoms with van der Waals surface area (Å²) >= 11 is 0. The summed E-state index contributed by atoms with van der Waals surface area (Å²) in [6, 6.07) is 5.28. The van der Waals surface area contributed by atoms with E-state index in [0.29, 0.717) is 11.3 Å². The molecular weight excluding hydrogens is 352 g/mol. The average molecular weight is 378 g/mol. The van der Waals surface area contributed by atoms with E-state index in [1.807, 2.05) is 5.43 Å². The van der Waals surface area contributed by atoms with Gasteiger partial charge in [0, 0.05) is 11.6 Å². The van der Waals surface area contributed by atoms with Crippen molar-refractivity contribution in [2.45, 2.75) is 39.8 Å². The van der Waals surface area contributed by atoms with Gasteiger partial charge in [-0.2, -0.15) is 0 Å². The highest BCUT2D eigenvalue weighted by molar-refractivity contribution is 6.35. The monoisotopic (exact) mass is 378 g/mol. The summed E-state index contributed by atoms with van der Waals surface area (Å²) in [7, 11) is 1.52. The highest BCUT2D eigenvalue weighted by atomic mass is 16.5. The summed E-state index contributed by atoms with van der Waals surface area (Å²) in [6.45, 7) is 6.89. The number of hydrogen-bond acceptors (Lipinski definition) is 5. The van der Waals surface area contributed by atoms with E-state index >= 15 is 0 Å². The molecule has 0 bridgehead atoms. The van der Waals surface area contributed by atoms with Crippen molar-refractivity contribution < 1.29 is 23.9 Å². The van der Waals surface area contributed by atoms with Crippen molar-refractivity contribution in [3.05, 3.63) is 29.8 Å². The van der Waals surface area contributed by atoms with Gasteiger partial charge in [-0.25, -0.2) is 0 Å². The zero-order valence-corrected chi connectivity index (χ0v) is 16.1. The van der Waals surface area contributed by atoms with Crippen LogP contribution in [0.25, 0.3) is 0 Å². The highest BCUT2D eigenvalue weighted by Crippen LogP contribution is 2.12. The Morgan fingerprint density at radius 2 is 1.44 bits per heavy atom. The van der Waals surface area contributed by atoms with Crippen molar-refractivity contribution in [3.63, 3.8) is 0 Å². The van der Waals surface area contributed by atoms with E-state index in [0.717, 1.165) is 0 Å². The van der Waals surface area contributed by atoms with Crippen LogP contribution in [-0.2, 0) is 14.4 Å². The lowest BCUT2D eigenvalue weighted by molar-refractivity contribution is -0.141. The summed E-state index contributed by atoms with van der Waals surface area (Å²) in [5.74, 6) is -2.61. The molecule has 1 aromatic rings. The number of rotatable bonds is 6. The number of nitrogens with one attached hydrogen (secondary N) is 4. The largest absolute Gasteiger partial charge is 0.497 e. The van der Waals surface area contributed by atoms with Gasteiger partial charge < -0.3 is 15.4 Å². The fraction of sp³-hybridized carbons (Fsp3) is 0.444. The van der Waals surface area contributed by atoms with Gasteiger partial charge in [0.2, 0.25) is 0 Å². The van der Waals surface area contributed by atoms with Crippen LogP contribution in [0.4, 0.5) is 0 Å². The van der Waals surface area contributed by atoms with Crippen molar-refractivity contribution in [1.82, 2.24) is 21.5 Å². The summed E-state index contributed by atoms with van der Waals surface area (Å²) in [6.07, 6.45) is 0. The molecule has 0 unspecified atom stereocenters. The van der Waals surface area contributed by atoms with Gasteiger partial charge in [-0.3, -0.25) is 30.0 Å². The molecule has 0 aliphatic rings. The van der Waals surface area contributed by atoms with Crippen LogP contribution in [0, 0.1) is 5.92 Å². The zero-order chi connectivity index (χ0) is 20.6. The predicted octanol–water partition coefficient (Wildman–Crippen LogP) is 0.122. The second kappa shape index (κ2) is 10.1. The van der Waals surface area contributed by atoms with Crippen LogP contribution in [-0.4, -0.2) is 42.8 Å². The third-order valence-corrected chi connectivity index (χ3v) is 3.51. The molecule has 1 rings (SSSR count). The number of carbonyl (C=O) groups is 4. The lowest BCUT2D eigenvalue weighted by Gasteiger charge is -2.22. The molecule has 0 aliphatic heterocycles. The van der Waals surface area contributed by atoms with Gasteiger partial charge in [-0.1, -0.05) is 13.8 Å². The Kier molecular flexibility index (Phi) is 8.25. The molecule has 0 saturated carbocycles. The number of benzene rings is 1. The van der Waals surface area contributed by atoms with Crippen LogP contribution in [0.5, 0.6) is 5.75 Å². The number of amides is 4. The quantitative estimate of drug-likeness (QED) is 0.413. The third-order valence-electron chi connectivity index (χ3n) is 3.51. The van der Waals surface area contributed by atoms with E-state index in [-0.39, 0.29) is 12.0 Å². The van der Waals surface area contributed by atoms with Crippen molar-refractivity contribution in [2.75, 3.05) is 7.11 Å². The maximum absolute atomic E-state index is 12.3. The minimum absolute atomic E-state index is 0.217. The van der Waals surface area contributed by atoms with E-state index < -0.39 is 29.7 Å². The van der Waals surface area contributed by atoms with Crippen LogP contribution in [0.3, 0.4) is 0 Å². The van der Waals surface area contributed by atoms with E-state index in [4.69, 9.17) is 4.74 Å². The molecule has 0 heterocycles. The van der Waals surface area contributed by atoms with Gasteiger partial charge in [0.1, 0.15) is 11.8 Å². The second-order valence-electron chi connectivity index (χ2n) is 6.50. The highest BCUT2D eigenvalue weighted by Gasteiger charge is 2.26. The van der Waals surface area contributed by atoms with Crippen LogP contribution in [0.15, 0.2) is 24.3 Å². The first-order valence-corrected chi connectivity index (χ1v) is 8.51. The van der Waals surface area contributed by atoms with E-state index in [1.54, 1.807) is 52.0 Å². The van der Waals surface area contributed by atoms with Crippen molar-refractivity contribution in [3.8, 4) is 5.75 Å². The molecule has 1 aromatic carbocycles. The summed E-state index contributed by atoms with van der Waals surface area (Å²) < 4.78 is 5.04. The fourth-order valence-corrected chi connectivity index (χ4v) is 2.08. The molecule has 27 heavy (non-hydrogen) atoms. The van der Waals surface area contributed by atoms with Crippen molar-refractivity contribution in [2.24, 2.45) is 5.92 Å². The molecule has 0 saturated heterocycles. The van der Waals surface area contributed by atoms with Crippen LogP contribution >= 0.6 is 0 Å². The number of methoxy groups -OCH3 is 1. The normalized spacial score (nSPS) is 11.5. The molecule has 4 amide bonds. The Labute approximate surface area is 158 Å². The number of hydrogen-bond donors (Lipinski definition) is 4. The Balaban J connectivity index is 2.68. The maximum Gasteiger partial charge on any atom is 0.327 e. The zero-order valence-electron chi connectivity index (χ0n) is 16.1. The van der Waals surface area contributed by atoms with Gasteiger partial charge in [-0.15, -0.1) is 0 Å². The molecule has 9 heteroatoms. The average Bonchev–Trinajstić information content (AvgIpc) is 2.62. The molecule has 9 nitrogen and oxygen atoms in total. The summed E-state index contributed by atoms with van der Waals surface area (Å²) in [5.41, 5.74) is 4.55. The molecular formula is C18H26N4O5. The summed E-state index contributed by atoms with van der Waals surface area (Å²) in [5, 5.41) is 5.01. The molecule has 0 fully saturated rings. The SMILES string of the molecule is COc1ccc(C(=O)N[C@H](C(=O)NNC(=O)C(=O)NC(C)C)C(C)C)cc1. The summed E-state index contributed by atoms with van der Waals surface area (Å²) in [4.78, 5) is 47.8. The molecule has 4 N–H and O–H groups in total. The molecule has 0 spiro atoms. The number of hydrazine groups is 1. The molecule has 0 radical (unpaired) electrons. The Morgan fingerprint density at radius 1 is 0.852 bits per heavy atom. The van der Waals surface area contributed by atoms with Gasteiger partial charge in [0.25, 0.3) is 11.8 Å². The van der Waals surface area contributed by atoms with Gasteiger partial charge in [0.15, 0.2) is 0 Å². The predicted molar refractivity (Wildman–Crippen MR) is 98.7 cm³/mol. The van der Waals surface area contributed by atoms with Crippen LogP contribution in [0.2, 0.25) is 0 Å². The first kappa shape index (κ1) is 21.9. The Bertz CT molecular complexity index is 685. The lowest BCUT2D eigenvalue weighted by Crippen LogP contribution is -2.56. The van der Waals surface area contributed by atoms with Crippen molar-refractivity contribution >= 4 is 23.6 Å². The van der Waals surface area contributed by atoms with Gasteiger partial charge in [-0.05, 0) is 44.0 Å². The number of carbonyl (C=O) groups excluding carboxylic acids is 4. The topological polar surface area (TPSA) is 126 Å². The van der Waals surface area contributed by atoms with Crippen molar-refractivity contribution in [1.29, 1.82) is 0 Å². The Morgan fingerprint density at radius 3 is 1.93 bits per heavy atom. The van der Waals surface area contributed by atoms with E-state index in [9.17, 15) is 19.2 Å². The Hall–Kier alpha value is -3.10. The minimum atomic E-state index is -0.999. The van der Waals surface area contributed by atoms with Crippen LogP contribution < -0.4 is 26.2 Å². The second-order valence-corrected chi connectivity index (χ2v) is 6.50. The lowest BCUT2D eigenvalue weighted by atomic mass is 10.0.